The van der Waals surface area contributed by atoms with E-state index < -0.39 is 23.2 Å². The topological polar surface area (TPSA) is 65.5 Å². The zero-order chi connectivity index (χ0) is 26.6. The molecule has 0 bridgehead atoms. The lowest BCUT2D eigenvalue weighted by molar-refractivity contribution is -0.129. The van der Waals surface area contributed by atoms with Crippen LogP contribution in [0.2, 0.25) is 5.02 Å². The number of nitrogens with zero attached hydrogens (tertiary/aromatic N) is 3. The third-order valence-corrected chi connectivity index (χ3v) is 8.58. The second-order valence-electron chi connectivity index (χ2n) is 10.4. The highest BCUT2D eigenvalue weighted by atomic mass is 35.5. The van der Waals surface area contributed by atoms with E-state index in [0.717, 1.165) is 12.8 Å². The van der Waals surface area contributed by atoms with E-state index in [1.807, 2.05) is 0 Å². The van der Waals surface area contributed by atoms with Crippen LogP contribution in [0.5, 0.6) is 0 Å². The first-order chi connectivity index (χ1) is 18.3. The Morgan fingerprint density at radius 2 is 1.97 bits per heavy atom. The van der Waals surface area contributed by atoms with Crippen LogP contribution in [-0.4, -0.2) is 40.8 Å². The summed E-state index contributed by atoms with van der Waals surface area (Å²) in [6, 6.07) is 8.48. The number of nitrogens with one attached hydrogen (secondary N) is 1. The van der Waals surface area contributed by atoms with Crippen LogP contribution in [0.25, 0.3) is 0 Å². The van der Waals surface area contributed by atoms with Crippen LogP contribution in [0.4, 0.5) is 15.8 Å². The zero-order valence-electron chi connectivity index (χ0n) is 20.6. The maximum atomic E-state index is 16.5. The van der Waals surface area contributed by atoms with Crippen molar-refractivity contribution in [3.8, 4) is 0 Å². The van der Waals surface area contributed by atoms with Gasteiger partial charge in [0.05, 0.1) is 11.8 Å². The molecule has 1 aromatic heterocycles. The number of carbonyl (C=O) groups is 2. The number of amides is 2. The number of likely N-dealkylation sites (tertiary alicyclic amines) is 1. The number of hydrogen-bond acceptors (Lipinski definition) is 4. The summed E-state index contributed by atoms with van der Waals surface area (Å²) in [6.45, 7) is 4.71. The van der Waals surface area contributed by atoms with Crippen molar-refractivity contribution in [1.29, 1.82) is 0 Å². The second-order valence-corrected chi connectivity index (χ2v) is 11.3. The van der Waals surface area contributed by atoms with Gasteiger partial charge in [-0.2, -0.15) is 0 Å². The highest BCUT2D eigenvalue weighted by Gasteiger charge is 2.70. The monoisotopic (exact) mass is 552 g/mol. The van der Waals surface area contributed by atoms with Crippen molar-refractivity contribution < 1.29 is 14.0 Å². The van der Waals surface area contributed by atoms with Crippen molar-refractivity contribution in [3.05, 3.63) is 89.0 Å². The molecule has 4 atom stereocenters. The molecule has 2 saturated heterocycles. The number of halogens is 3. The lowest BCUT2D eigenvalue weighted by Gasteiger charge is -2.40. The molecule has 3 aliphatic heterocycles. The van der Waals surface area contributed by atoms with Crippen molar-refractivity contribution in [2.75, 3.05) is 23.3 Å². The summed E-state index contributed by atoms with van der Waals surface area (Å²) in [6.07, 6.45) is 10.3. The molecule has 4 heterocycles. The molecule has 6 rings (SSSR count). The SMILES string of the molecule is C=C(Cl)/C=C\C=C(/F)[C@H]1[C@@H]2C(=O)N(c3ccncc3)CC[C@@H]2N(CC2CC2)[C@@]12C(=O)Nc1cc(Cl)ccc12. The molecule has 1 aliphatic carbocycles. The Morgan fingerprint density at radius 3 is 2.68 bits per heavy atom. The number of anilines is 2. The molecular formula is C29H27Cl2FN4O2. The average molecular weight is 553 g/mol. The Morgan fingerprint density at radius 1 is 1.21 bits per heavy atom. The Balaban J connectivity index is 1.54. The van der Waals surface area contributed by atoms with E-state index in [1.54, 1.807) is 47.6 Å². The van der Waals surface area contributed by atoms with Crippen LogP contribution < -0.4 is 10.2 Å². The van der Waals surface area contributed by atoms with Crippen LogP contribution >= 0.6 is 23.2 Å². The lowest BCUT2D eigenvalue weighted by Crippen LogP contribution is -2.54. The van der Waals surface area contributed by atoms with Crippen LogP contribution in [0, 0.1) is 17.8 Å². The molecule has 3 fully saturated rings. The normalized spacial score (nSPS) is 29.2. The molecule has 1 saturated carbocycles. The molecule has 38 heavy (non-hydrogen) atoms. The standard InChI is InChI=1S/C29H27Cl2FN4O2/c1-17(30)3-2-4-22(32)26-25-24(11-14-35(27(25)37)20-9-12-33-13-10-20)36(16-18-5-6-18)29(26)21-8-7-19(31)15-23(21)34-28(29)38/h2-4,7-10,12-13,15,18,24-26H,1,5-6,11,14,16H2,(H,34,38)/b3-2-,22-4-/t24-,25+,26-,29+/m0/s1. The van der Waals surface area contributed by atoms with Gasteiger partial charge >= 0.3 is 0 Å². The van der Waals surface area contributed by atoms with Gasteiger partial charge in [0.1, 0.15) is 11.4 Å². The van der Waals surface area contributed by atoms with Gasteiger partial charge in [0, 0.05) is 58.5 Å². The number of benzene rings is 1. The third kappa shape index (κ3) is 3.99. The van der Waals surface area contributed by atoms with E-state index in [4.69, 9.17) is 23.2 Å². The van der Waals surface area contributed by atoms with E-state index in [2.05, 4.69) is 21.8 Å². The first-order valence-corrected chi connectivity index (χ1v) is 13.6. The van der Waals surface area contributed by atoms with E-state index in [0.29, 0.717) is 47.4 Å². The number of piperidine rings is 1. The Hall–Kier alpha value is -3.00. The Kier molecular flexibility index (Phi) is 6.41. The zero-order valence-corrected chi connectivity index (χ0v) is 22.1. The largest absolute Gasteiger partial charge is 0.324 e. The van der Waals surface area contributed by atoms with Crippen molar-refractivity contribution in [2.24, 2.45) is 17.8 Å². The first-order valence-electron chi connectivity index (χ1n) is 12.8. The number of allylic oxidation sites excluding steroid dienone is 4. The van der Waals surface area contributed by atoms with Crippen LogP contribution in [0.3, 0.4) is 0 Å². The van der Waals surface area contributed by atoms with Gasteiger partial charge in [-0.15, -0.1) is 0 Å². The number of pyridine rings is 1. The van der Waals surface area contributed by atoms with Crippen LogP contribution in [-0.2, 0) is 15.1 Å². The van der Waals surface area contributed by atoms with Gasteiger partial charge in [-0.05, 0) is 61.6 Å². The molecule has 1 aromatic carbocycles. The van der Waals surface area contributed by atoms with E-state index in [1.165, 1.54) is 18.2 Å². The number of rotatable bonds is 6. The average Bonchev–Trinajstić information content (AvgIpc) is 3.60. The summed E-state index contributed by atoms with van der Waals surface area (Å²) in [7, 11) is 0. The highest BCUT2D eigenvalue weighted by molar-refractivity contribution is 6.31. The van der Waals surface area contributed by atoms with Crippen molar-refractivity contribution >= 4 is 46.4 Å². The fourth-order valence-corrected chi connectivity index (χ4v) is 6.80. The molecule has 0 unspecified atom stereocenters. The van der Waals surface area contributed by atoms with Crippen LogP contribution in [0.1, 0.15) is 24.8 Å². The van der Waals surface area contributed by atoms with Gasteiger partial charge in [0.2, 0.25) is 11.8 Å². The van der Waals surface area contributed by atoms with E-state index in [9.17, 15) is 9.59 Å². The minimum Gasteiger partial charge on any atom is -0.324 e. The molecule has 9 heteroatoms. The minimum atomic E-state index is -1.38. The van der Waals surface area contributed by atoms with E-state index in [-0.39, 0.29) is 22.9 Å². The quantitative estimate of drug-likeness (QED) is 0.459. The third-order valence-electron chi connectivity index (χ3n) is 8.22. The number of aromatic nitrogens is 1. The summed E-state index contributed by atoms with van der Waals surface area (Å²) in [5, 5.41) is 3.70. The number of hydrogen-bond donors (Lipinski definition) is 1. The molecule has 196 valence electrons. The fraction of sp³-hybridized carbons (Fsp3) is 0.345. The van der Waals surface area contributed by atoms with E-state index >= 15 is 4.39 Å². The summed E-state index contributed by atoms with van der Waals surface area (Å²) in [5.41, 5.74) is 0.545. The predicted octanol–water partition coefficient (Wildman–Crippen LogP) is 5.81. The summed E-state index contributed by atoms with van der Waals surface area (Å²) >= 11 is 12.2. The van der Waals surface area contributed by atoms with Gasteiger partial charge in [0.25, 0.3) is 0 Å². The van der Waals surface area contributed by atoms with Gasteiger partial charge in [-0.25, -0.2) is 4.39 Å². The molecule has 4 aliphatic rings. The highest BCUT2D eigenvalue weighted by Crippen LogP contribution is 2.60. The maximum Gasteiger partial charge on any atom is 0.250 e. The fourth-order valence-electron chi connectivity index (χ4n) is 6.55. The van der Waals surface area contributed by atoms with Gasteiger partial charge in [-0.1, -0.05) is 41.9 Å². The molecule has 2 aromatic rings. The molecule has 1 spiro atoms. The van der Waals surface area contributed by atoms with Gasteiger partial charge in [0.15, 0.2) is 0 Å². The van der Waals surface area contributed by atoms with Crippen molar-refractivity contribution in [2.45, 2.75) is 30.8 Å². The lowest BCUT2D eigenvalue weighted by atomic mass is 9.72. The number of fused-ring (bicyclic) bond motifs is 3. The van der Waals surface area contributed by atoms with Crippen LogP contribution in [0.15, 0.2) is 78.4 Å². The van der Waals surface area contributed by atoms with Gasteiger partial charge in [-0.3, -0.25) is 19.5 Å². The molecular weight excluding hydrogens is 526 g/mol. The molecule has 2 amide bonds. The first kappa shape index (κ1) is 25.3. The summed E-state index contributed by atoms with van der Waals surface area (Å²) in [4.78, 5) is 36.2. The molecule has 1 N–H and O–H groups in total. The summed E-state index contributed by atoms with van der Waals surface area (Å²) in [5.74, 6) is -2.47. The predicted molar refractivity (Wildman–Crippen MR) is 146 cm³/mol. The smallest absolute Gasteiger partial charge is 0.250 e. The van der Waals surface area contributed by atoms with Crippen molar-refractivity contribution in [3.63, 3.8) is 0 Å². The second kappa shape index (κ2) is 9.63. The Labute approximate surface area is 230 Å². The number of carbonyl (C=O) groups excluding carboxylic acids is 2. The maximum absolute atomic E-state index is 16.5. The minimum absolute atomic E-state index is 0.195. The Bertz CT molecular complexity index is 1380. The summed E-state index contributed by atoms with van der Waals surface area (Å²) < 4.78 is 16.5. The molecule has 0 radical (unpaired) electrons. The van der Waals surface area contributed by atoms with Gasteiger partial charge < -0.3 is 10.2 Å². The van der Waals surface area contributed by atoms with Crippen molar-refractivity contribution in [1.82, 2.24) is 9.88 Å². The molecule has 6 nitrogen and oxygen atoms in total.